The first kappa shape index (κ1) is 11.5. The topological polar surface area (TPSA) is 51.5 Å². The van der Waals surface area contributed by atoms with E-state index in [-0.39, 0.29) is 5.97 Å². The Labute approximate surface area is 99.4 Å². The first-order valence-electron chi connectivity index (χ1n) is 5.57. The van der Waals surface area contributed by atoms with Gasteiger partial charge in [-0.2, -0.15) is 4.73 Å². The monoisotopic (exact) mass is 233 g/mol. The molecular formula is C13H15NO3. The molecule has 0 unspecified atom stereocenters. The average molecular weight is 233 g/mol. The number of para-hydroxylation sites is 1. The number of esters is 1. The normalized spacial score (nSPS) is 10.6. The van der Waals surface area contributed by atoms with Crippen LogP contribution in [0.3, 0.4) is 0 Å². The summed E-state index contributed by atoms with van der Waals surface area (Å²) < 4.78 is 5.72. The summed E-state index contributed by atoms with van der Waals surface area (Å²) >= 11 is 0. The standard InChI is InChI=1S/C13H15NO3/c1-17-13(15)8-4-5-10-9-14(16)12-7-3-2-6-11(10)12/h2-3,6-7,9,16H,4-5,8H2,1H3. The van der Waals surface area contributed by atoms with Gasteiger partial charge in [0.2, 0.25) is 0 Å². The number of benzene rings is 1. The van der Waals surface area contributed by atoms with Crippen molar-refractivity contribution in [3.8, 4) is 0 Å². The Hall–Kier alpha value is -1.97. The minimum Gasteiger partial charge on any atom is -0.469 e. The maximum absolute atomic E-state index is 11.0. The average Bonchev–Trinajstić information content (AvgIpc) is 2.67. The summed E-state index contributed by atoms with van der Waals surface area (Å²) in [7, 11) is 1.39. The van der Waals surface area contributed by atoms with Crippen LogP contribution in [0.5, 0.6) is 0 Å². The third kappa shape index (κ3) is 2.41. The highest BCUT2D eigenvalue weighted by Gasteiger charge is 2.08. The zero-order chi connectivity index (χ0) is 12.3. The van der Waals surface area contributed by atoms with Gasteiger partial charge < -0.3 is 9.94 Å². The van der Waals surface area contributed by atoms with Crippen LogP contribution >= 0.6 is 0 Å². The molecule has 0 spiro atoms. The van der Waals surface area contributed by atoms with E-state index in [1.807, 2.05) is 24.3 Å². The van der Waals surface area contributed by atoms with Crippen molar-refractivity contribution in [3.63, 3.8) is 0 Å². The molecule has 90 valence electrons. The molecule has 1 N–H and O–H groups in total. The molecule has 1 heterocycles. The number of nitrogens with zero attached hydrogens (tertiary/aromatic N) is 1. The molecule has 0 aliphatic heterocycles. The van der Waals surface area contributed by atoms with E-state index in [9.17, 15) is 10.0 Å². The molecule has 0 saturated carbocycles. The fourth-order valence-electron chi connectivity index (χ4n) is 1.96. The molecule has 1 aromatic carbocycles. The lowest BCUT2D eigenvalue weighted by atomic mass is 10.1. The smallest absolute Gasteiger partial charge is 0.305 e. The number of fused-ring (bicyclic) bond motifs is 1. The van der Waals surface area contributed by atoms with Crippen molar-refractivity contribution in [1.82, 2.24) is 4.73 Å². The molecule has 4 nitrogen and oxygen atoms in total. The van der Waals surface area contributed by atoms with Crippen LogP contribution in [0, 0.1) is 0 Å². The molecular weight excluding hydrogens is 218 g/mol. The lowest BCUT2D eigenvalue weighted by molar-refractivity contribution is -0.140. The Morgan fingerprint density at radius 2 is 2.18 bits per heavy atom. The molecule has 4 heteroatoms. The van der Waals surface area contributed by atoms with Gasteiger partial charge in [-0.1, -0.05) is 18.2 Å². The number of carbonyl (C=O) groups is 1. The summed E-state index contributed by atoms with van der Waals surface area (Å²) in [6.07, 6.45) is 3.58. The van der Waals surface area contributed by atoms with Gasteiger partial charge in [0.25, 0.3) is 0 Å². The third-order valence-corrected chi connectivity index (χ3v) is 2.83. The van der Waals surface area contributed by atoms with Crippen molar-refractivity contribution in [3.05, 3.63) is 36.0 Å². The maximum Gasteiger partial charge on any atom is 0.305 e. The van der Waals surface area contributed by atoms with E-state index in [4.69, 9.17) is 0 Å². The number of carbonyl (C=O) groups excluding carboxylic acids is 1. The molecule has 2 aromatic rings. The molecule has 2 rings (SSSR count). The van der Waals surface area contributed by atoms with Crippen molar-refractivity contribution in [2.75, 3.05) is 7.11 Å². The van der Waals surface area contributed by atoms with Gasteiger partial charge in [0.05, 0.1) is 12.6 Å². The number of rotatable bonds is 4. The van der Waals surface area contributed by atoms with E-state index in [1.165, 1.54) is 7.11 Å². The molecule has 0 bridgehead atoms. The number of aryl methyl sites for hydroxylation is 1. The van der Waals surface area contributed by atoms with E-state index in [1.54, 1.807) is 6.20 Å². The lowest BCUT2D eigenvalue weighted by Crippen LogP contribution is -2.00. The van der Waals surface area contributed by atoms with Crippen LogP contribution in [0.4, 0.5) is 0 Å². The molecule has 17 heavy (non-hydrogen) atoms. The van der Waals surface area contributed by atoms with Gasteiger partial charge in [-0.05, 0) is 24.5 Å². The van der Waals surface area contributed by atoms with Crippen LogP contribution in [0.1, 0.15) is 18.4 Å². The SMILES string of the molecule is COC(=O)CCCc1cn(O)c2ccccc12. The summed E-state index contributed by atoms with van der Waals surface area (Å²) in [6, 6.07) is 7.65. The number of hydrogen-bond donors (Lipinski definition) is 1. The van der Waals surface area contributed by atoms with E-state index in [0.29, 0.717) is 6.42 Å². The van der Waals surface area contributed by atoms with Crippen LogP contribution in [0.25, 0.3) is 10.9 Å². The second kappa shape index (κ2) is 4.91. The van der Waals surface area contributed by atoms with Gasteiger partial charge in [-0.3, -0.25) is 4.79 Å². The van der Waals surface area contributed by atoms with Crippen molar-refractivity contribution < 1.29 is 14.7 Å². The molecule has 0 fully saturated rings. The Balaban J connectivity index is 2.11. The lowest BCUT2D eigenvalue weighted by Gasteiger charge is -1.99. The maximum atomic E-state index is 11.0. The number of aromatic nitrogens is 1. The largest absolute Gasteiger partial charge is 0.469 e. The predicted octanol–water partition coefficient (Wildman–Crippen LogP) is 2.37. The first-order chi connectivity index (χ1) is 8.22. The van der Waals surface area contributed by atoms with Crippen molar-refractivity contribution in [2.24, 2.45) is 0 Å². The van der Waals surface area contributed by atoms with Crippen LogP contribution < -0.4 is 0 Å². The minimum absolute atomic E-state index is 0.197. The van der Waals surface area contributed by atoms with E-state index < -0.39 is 0 Å². The number of methoxy groups -OCH3 is 1. The molecule has 0 atom stereocenters. The van der Waals surface area contributed by atoms with Crippen LogP contribution in [0.2, 0.25) is 0 Å². The summed E-state index contributed by atoms with van der Waals surface area (Å²) in [5.74, 6) is -0.197. The fourth-order valence-corrected chi connectivity index (χ4v) is 1.96. The van der Waals surface area contributed by atoms with Crippen molar-refractivity contribution >= 4 is 16.9 Å². The second-order valence-electron chi connectivity index (χ2n) is 3.95. The van der Waals surface area contributed by atoms with Gasteiger partial charge in [-0.25, -0.2) is 0 Å². The zero-order valence-electron chi connectivity index (χ0n) is 9.72. The van der Waals surface area contributed by atoms with Gasteiger partial charge in [0.15, 0.2) is 0 Å². The Bertz CT molecular complexity index is 530. The highest BCUT2D eigenvalue weighted by molar-refractivity contribution is 5.83. The summed E-state index contributed by atoms with van der Waals surface area (Å²) in [4.78, 5) is 11.0. The summed E-state index contributed by atoms with van der Waals surface area (Å²) in [6.45, 7) is 0. The van der Waals surface area contributed by atoms with Gasteiger partial charge in [0, 0.05) is 18.0 Å². The van der Waals surface area contributed by atoms with Gasteiger partial charge in [-0.15, -0.1) is 0 Å². The molecule has 0 aliphatic rings. The molecule has 0 amide bonds. The second-order valence-corrected chi connectivity index (χ2v) is 3.95. The van der Waals surface area contributed by atoms with Gasteiger partial charge in [0.1, 0.15) is 0 Å². The quantitative estimate of drug-likeness (QED) is 0.651. The molecule has 0 aliphatic carbocycles. The summed E-state index contributed by atoms with van der Waals surface area (Å²) in [5.41, 5.74) is 1.84. The first-order valence-corrected chi connectivity index (χ1v) is 5.57. The van der Waals surface area contributed by atoms with Gasteiger partial charge >= 0.3 is 5.97 Å². The van der Waals surface area contributed by atoms with Crippen LogP contribution in [-0.2, 0) is 16.0 Å². The fraction of sp³-hybridized carbons (Fsp3) is 0.308. The molecule has 0 radical (unpaired) electrons. The highest BCUT2D eigenvalue weighted by Crippen LogP contribution is 2.21. The van der Waals surface area contributed by atoms with E-state index in [2.05, 4.69) is 4.74 Å². The summed E-state index contributed by atoms with van der Waals surface area (Å²) in [5, 5.41) is 10.7. The van der Waals surface area contributed by atoms with Crippen molar-refractivity contribution in [1.29, 1.82) is 0 Å². The Morgan fingerprint density at radius 1 is 1.41 bits per heavy atom. The van der Waals surface area contributed by atoms with Crippen molar-refractivity contribution in [2.45, 2.75) is 19.3 Å². The predicted molar refractivity (Wildman–Crippen MR) is 64.1 cm³/mol. The molecule has 1 aromatic heterocycles. The third-order valence-electron chi connectivity index (χ3n) is 2.83. The molecule has 0 saturated heterocycles. The number of hydrogen-bond acceptors (Lipinski definition) is 3. The van der Waals surface area contributed by atoms with E-state index >= 15 is 0 Å². The van der Waals surface area contributed by atoms with Crippen LogP contribution in [0.15, 0.2) is 30.5 Å². The van der Waals surface area contributed by atoms with E-state index in [0.717, 1.165) is 34.0 Å². The Morgan fingerprint density at radius 3 is 2.94 bits per heavy atom. The minimum atomic E-state index is -0.197. The number of ether oxygens (including phenoxy) is 1. The Kier molecular flexibility index (Phi) is 3.32. The highest BCUT2D eigenvalue weighted by atomic mass is 16.5. The van der Waals surface area contributed by atoms with Crippen LogP contribution in [-0.4, -0.2) is 23.0 Å². The zero-order valence-corrected chi connectivity index (χ0v) is 9.72.